The predicted molar refractivity (Wildman–Crippen MR) is 161 cm³/mol. The van der Waals surface area contributed by atoms with Crippen LogP contribution in [-0.4, -0.2) is 22.2 Å². The van der Waals surface area contributed by atoms with Crippen LogP contribution in [0.5, 0.6) is 0 Å². The van der Waals surface area contributed by atoms with Crippen molar-refractivity contribution in [1.82, 2.24) is 5.43 Å². The minimum absolute atomic E-state index is 0.128. The summed E-state index contributed by atoms with van der Waals surface area (Å²) in [6.45, 7) is 14.3. The Labute approximate surface area is 213 Å². The van der Waals surface area contributed by atoms with Crippen molar-refractivity contribution in [2.75, 3.05) is 5.01 Å². The van der Waals surface area contributed by atoms with Crippen molar-refractivity contribution in [3.63, 3.8) is 0 Å². The maximum atomic E-state index is 3.60. The van der Waals surface area contributed by atoms with E-state index in [1.165, 1.54) is 21.5 Å². The summed E-state index contributed by atoms with van der Waals surface area (Å²) in [6, 6.07) is 28.8. The highest BCUT2D eigenvalue weighted by molar-refractivity contribution is 6.89. The van der Waals surface area contributed by atoms with Crippen molar-refractivity contribution in [2.24, 2.45) is 0 Å². The van der Waals surface area contributed by atoms with Gasteiger partial charge in [0.15, 0.2) is 0 Å². The van der Waals surface area contributed by atoms with E-state index in [2.05, 4.69) is 159 Å². The van der Waals surface area contributed by atoms with Gasteiger partial charge in [-0.3, -0.25) is 10.4 Å². The van der Waals surface area contributed by atoms with E-state index in [0.717, 1.165) is 11.4 Å². The van der Waals surface area contributed by atoms with Crippen molar-refractivity contribution in [3.05, 3.63) is 114 Å². The van der Waals surface area contributed by atoms with Crippen molar-refractivity contribution in [3.8, 4) is 0 Å². The van der Waals surface area contributed by atoms with E-state index in [1.54, 1.807) is 0 Å². The summed E-state index contributed by atoms with van der Waals surface area (Å²) < 4.78 is 0. The number of para-hydroxylation sites is 1. The molecule has 1 heterocycles. The van der Waals surface area contributed by atoms with E-state index >= 15 is 0 Å². The van der Waals surface area contributed by atoms with Crippen LogP contribution in [0, 0.1) is 0 Å². The van der Waals surface area contributed by atoms with Crippen molar-refractivity contribution < 1.29 is 0 Å². The van der Waals surface area contributed by atoms with Crippen LogP contribution in [0.4, 0.5) is 5.69 Å². The fourth-order valence-electron chi connectivity index (χ4n) is 4.15. The quantitative estimate of drug-likeness (QED) is 0.364. The number of rotatable bonds is 7. The first-order chi connectivity index (χ1) is 16.6. The number of anilines is 1. The number of allylic oxidation sites excluding steroid dienone is 1. The van der Waals surface area contributed by atoms with Gasteiger partial charge in [0.2, 0.25) is 0 Å². The number of hydrogen-bond acceptors (Lipinski definition) is 2. The second-order valence-electron chi connectivity index (χ2n) is 11.4. The molecule has 180 valence electrons. The van der Waals surface area contributed by atoms with E-state index < -0.39 is 16.1 Å². The average molecular weight is 495 g/mol. The molecule has 1 unspecified atom stereocenters. The summed E-state index contributed by atoms with van der Waals surface area (Å²) in [5, 5.41) is 5.21. The minimum Gasteiger partial charge on any atom is -0.298 e. The maximum absolute atomic E-state index is 3.60. The first-order valence-electron chi connectivity index (χ1n) is 12.5. The van der Waals surface area contributed by atoms with Crippen LogP contribution in [0.3, 0.4) is 0 Å². The van der Waals surface area contributed by atoms with Gasteiger partial charge in [0.05, 0.1) is 33.6 Å². The average Bonchev–Trinajstić information content (AvgIpc) is 3.24. The molecule has 3 aromatic carbocycles. The molecule has 1 aliphatic rings. The highest BCUT2D eigenvalue weighted by atomic mass is 28.3. The standard InChI is InChI=1S/C31H38N2Si2/c1-34(2,3)30-20-14-25(15-21-30)12-18-27-24-29(33(32-27)28-10-8-7-9-11-28)19-13-26-16-22-31(23-17-26)35(4,5)6/h7-24,29,32H,1-6H3. The zero-order chi connectivity index (χ0) is 25.1. The van der Waals surface area contributed by atoms with Gasteiger partial charge in [-0.15, -0.1) is 0 Å². The molecule has 1 atom stereocenters. The molecule has 4 heteroatoms. The van der Waals surface area contributed by atoms with Crippen LogP contribution in [0.15, 0.2) is 103 Å². The molecular formula is C31H38N2Si2. The summed E-state index contributed by atoms with van der Waals surface area (Å²) in [5.74, 6) is 0. The summed E-state index contributed by atoms with van der Waals surface area (Å²) in [4.78, 5) is 0. The Morgan fingerprint density at radius 3 is 1.66 bits per heavy atom. The molecule has 2 nitrogen and oxygen atoms in total. The lowest BCUT2D eigenvalue weighted by molar-refractivity contribution is 0.758. The fourth-order valence-corrected chi connectivity index (χ4v) is 6.49. The molecule has 3 aromatic rings. The molecule has 0 fully saturated rings. The third-order valence-electron chi connectivity index (χ3n) is 6.43. The minimum atomic E-state index is -1.28. The number of nitrogens with one attached hydrogen (secondary N) is 1. The van der Waals surface area contributed by atoms with Gasteiger partial charge < -0.3 is 0 Å². The zero-order valence-corrected chi connectivity index (χ0v) is 23.9. The lowest BCUT2D eigenvalue weighted by Gasteiger charge is -2.25. The molecular weight excluding hydrogens is 457 g/mol. The lowest BCUT2D eigenvalue weighted by Crippen LogP contribution is -2.37. The lowest BCUT2D eigenvalue weighted by atomic mass is 10.1. The van der Waals surface area contributed by atoms with Crippen LogP contribution >= 0.6 is 0 Å². The Bertz CT molecular complexity index is 1210. The molecule has 0 spiro atoms. The summed E-state index contributed by atoms with van der Waals surface area (Å²) >= 11 is 0. The summed E-state index contributed by atoms with van der Waals surface area (Å²) in [6.07, 6.45) is 11.2. The molecule has 0 saturated carbocycles. The van der Waals surface area contributed by atoms with Crippen LogP contribution in [0.1, 0.15) is 11.1 Å². The van der Waals surface area contributed by atoms with Crippen molar-refractivity contribution in [1.29, 1.82) is 0 Å². The maximum Gasteiger partial charge on any atom is 0.0892 e. The second-order valence-corrected chi connectivity index (χ2v) is 21.5. The Morgan fingerprint density at radius 2 is 1.14 bits per heavy atom. The number of nitrogens with zero attached hydrogens (tertiary/aromatic N) is 1. The van der Waals surface area contributed by atoms with Gasteiger partial charge in [-0.25, -0.2) is 0 Å². The molecule has 0 saturated heterocycles. The van der Waals surface area contributed by atoms with E-state index in [-0.39, 0.29) is 6.04 Å². The van der Waals surface area contributed by atoms with Crippen LogP contribution in [-0.2, 0) is 0 Å². The smallest absolute Gasteiger partial charge is 0.0892 e. The van der Waals surface area contributed by atoms with Gasteiger partial charge in [-0.1, -0.05) is 135 Å². The van der Waals surface area contributed by atoms with Gasteiger partial charge in [0.25, 0.3) is 0 Å². The normalized spacial score (nSPS) is 16.7. The van der Waals surface area contributed by atoms with Gasteiger partial charge in [-0.05, 0) is 35.4 Å². The Balaban J connectivity index is 1.54. The SMILES string of the molecule is C[Si](C)(C)c1ccc(C=CC2=CC(C=Cc3ccc([Si](C)(C)C)cc3)N(c3ccccc3)N2)cc1. The fraction of sp³-hybridized carbons (Fsp3) is 0.226. The third kappa shape index (κ3) is 6.53. The monoisotopic (exact) mass is 494 g/mol. The van der Waals surface area contributed by atoms with Crippen LogP contribution < -0.4 is 20.8 Å². The topological polar surface area (TPSA) is 15.3 Å². The number of benzene rings is 3. The molecule has 4 rings (SSSR count). The van der Waals surface area contributed by atoms with Crippen molar-refractivity contribution in [2.45, 2.75) is 45.3 Å². The molecule has 35 heavy (non-hydrogen) atoms. The van der Waals surface area contributed by atoms with Gasteiger partial charge in [0, 0.05) is 0 Å². The molecule has 1 aliphatic heterocycles. The second kappa shape index (κ2) is 10.3. The Hall–Kier alpha value is -3.09. The highest BCUT2D eigenvalue weighted by Gasteiger charge is 2.22. The van der Waals surface area contributed by atoms with Gasteiger partial charge in [-0.2, -0.15) is 0 Å². The molecule has 0 bridgehead atoms. The van der Waals surface area contributed by atoms with Crippen molar-refractivity contribution >= 4 is 44.4 Å². The third-order valence-corrected chi connectivity index (χ3v) is 10.6. The van der Waals surface area contributed by atoms with Gasteiger partial charge >= 0.3 is 0 Å². The van der Waals surface area contributed by atoms with E-state index in [1.807, 2.05) is 0 Å². The molecule has 0 aliphatic carbocycles. The van der Waals surface area contributed by atoms with E-state index in [4.69, 9.17) is 0 Å². The predicted octanol–water partition coefficient (Wildman–Crippen LogP) is 6.78. The molecule has 0 aromatic heterocycles. The van der Waals surface area contributed by atoms with E-state index in [9.17, 15) is 0 Å². The Morgan fingerprint density at radius 1 is 0.629 bits per heavy atom. The van der Waals surface area contributed by atoms with Gasteiger partial charge in [0.1, 0.15) is 0 Å². The summed E-state index contributed by atoms with van der Waals surface area (Å²) in [5.41, 5.74) is 8.31. The molecule has 1 N–H and O–H groups in total. The number of hydrazine groups is 1. The number of hydrogen-bond donors (Lipinski definition) is 1. The first kappa shape index (κ1) is 25.0. The first-order valence-corrected chi connectivity index (χ1v) is 19.5. The van der Waals surface area contributed by atoms with Crippen LogP contribution in [0.2, 0.25) is 39.3 Å². The Kier molecular flexibility index (Phi) is 7.34. The summed E-state index contributed by atoms with van der Waals surface area (Å²) in [7, 11) is -2.55. The highest BCUT2D eigenvalue weighted by Crippen LogP contribution is 2.23. The molecule has 0 amide bonds. The largest absolute Gasteiger partial charge is 0.298 e. The molecule has 0 radical (unpaired) electrons. The van der Waals surface area contributed by atoms with E-state index in [0.29, 0.717) is 0 Å². The zero-order valence-electron chi connectivity index (χ0n) is 21.9. The van der Waals surface area contributed by atoms with Crippen LogP contribution in [0.25, 0.3) is 12.2 Å².